The lowest BCUT2D eigenvalue weighted by Crippen LogP contribution is -2.14. The third-order valence-electron chi connectivity index (χ3n) is 1.69. The summed E-state index contributed by atoms with van der Waals surface area (Å²) in [4.78, 5) is 10.6. The van der Waals surface area contributed by atoms with Crippen LogP contribution in [0.4, 0.5) is 13.2 Å². The van der Waals surface area contributed by atoms with Crippen LogP contribution in [0.25, 0.3) is 0 Å². The largest absolute Gasteiger partial charge is 0.478 e. The van der Waals surface area contributed by atoms with Gasteiger partial charge in [-0.15, -0.1) is 0 Å². The molecular weight excluding hydrogens is 233 g/mol. The fourth-order valence-electron chi connectivity index (χ4n) is 1.12. The fraction of sp³-hybridized carbons (Fsp3) is 0.222. The number of carboxylic acid groups (broad SMARTS) is 1. The van der Waals surface area contributed by atoms with E-state index in [0.29, 0.717) is 0 Å². The Balaban J connectivity index is 3.12. The van der Waals surface area contributed by atoms with E-state index in [9.17, 15) is 18.0 Å². The number of alkyl halides is 3. The summed E-state index contributed by atoms with van der Waals surface area (Å²) in [5.41, 5.74) is -0.709. The first kappa shape index (κ1) is 11.8. The maximum Gasteiger partial charge on any atom is 0.393 e. The van der Waals surface area contributed by atoms with Crippen LogP contribution in [0.3, 0.4) is 0 Å². The molecule has 0 unspecified atom stereocenters. The number of aromatic carboxylic acids is 1. The van der Waals surface area contributed by atoms with Crippen molar-refractivity contribution in [2.45, 2.75) is 12.6 Å². The molecule has 0 aliphatic rings. The van der Waals surface area contributed by atoms with Crippen molar-refractivity contribution in [3.8, 4) is 0 Å². The fourth-order valence-corrected chi connectivity index (χ4v) is 1.29. The van der Waals surface area contributed by atoms with Gasteiger partial charge in [0.05, 0.1) is 12.0 Å². The van der Waals surface area contributed by atoms with Gasteiger partial charge in [0.15, 0.2) is 0 Å². The molecule has 0 saturated heterocycles. The molecule has 2 nitrogen and oxygen atoms in total. The molecule has 1 N–H and O–H groups in total. The number of halogens is 4. The SMILES string of the molecule is O=C(O)c1cc(Cl)ccc1CC(F)(F)F. The molecule has 0 radical (unpaired) electrons. The van der Waals surface area contributed by atoms with Crippen molar-refractivity contribution < 1.29 is 23.1 Å². The van der Waals surface area contributed by atoms with E-state index in [2.05, 4.69) is 0 Å². The van der Waals surface area contributed by atoms with Gasteiger partial charge in [0, 0.05) is 5.02 Å². The number of rotatable bonds is 2. The van der Waals surface area contributed by atoms with Gasteiger partial charge in [0.1, 0.15) is 0 Å². The van der Waals surface area contributed by atoms with Crippen molar-refractivity contribution >= 4 is 17.6 Å². The zero-order valence-corrected chi connectivity index (χ0v) is 8.06. The predicted octanol–water partition coefficient (Wildman–Crippen LogP) is 3.14. The summed E-state index contributed by atoms with van der Waals surface area (Å²) in [6, 6.07) is 3.30. The Hall–Kier alpha value is -1.23. The molecule has 1 rings (SSSR count). The highest BCUT2D eigenvalue weighted by atomic mass is 35.5. The Morgan fingerprint density at radius 2 is 2.00 bits per heavy atom. The first-order chi connectivity index (χ1) is 6.79. The van der Waals surface area contributed by atoms with E-state index >= 15 is 0 Å². The van der Waals surface area contributed by atoms with E-state index in [4.69, 9.17) is 16.7 Å². The number of hydrogen-bond acceptors (Lipinski definition) is 1. The lowest BCUT2D eigenvalue weighted by Gasteiger charge is -2.09. The molecule has 0 aliphatic carbocycles. The number of carbonyl (C=O) groups is 1. The summed E-state index contributed by atoms with van der Waals surface area (Å²) in [6.45, 7) is 0. The zero-order valence-electron chi connectivity index (χ0n) is 7.31. The lowest BCUT2D eigenvalue weighted by molar-refractivity contribution is -0.127. The second kappa shape index (κ2) is 4.10. The van der Waals surface area contributed by atoms with Crippen LogP contribution >= 0.6 is 11.6 Å². The van der Waals surface area contributed by atoms with Gasteiger partial charge in [-0.1, -0.05) is 17.7 Å². The molecule has 0 saturated carbocycles. The van der Waals surface area contributed by atoms with Gasteiger partial charge in [-0.05, 0) is 17.7 Å². The second-order valence-corrected chi connectivity index (χ2v) is 3.34. The summed E-state index contributed by atoms with van der Waals surface area (Å²) >= 11 is 5.49. The van der Waals surface area contributed by atoms with Crippen molar-refractivity contribution in [1.82, 2.24) is 0 Å². The normalized spacial score (nSPS) is 11.5. The van der Waals surface area contributed by atoms with Gasteiger partial charge in [0.2, 0.25) is 0 Å². The quantitative estimate of drug-likeness (QED) is 0.859. The van der Waals surface area contributed by atoms with Gasteiger partial charge in [-0.3, -0.25) is 0 Å². The van der Waals surface area contributed by atoms with Crippen LogP contribution in [0.2, 0.25) is 5.02 Å². The molecule has 0 atom stereocenters. The van der Waals surface area contributed by atoms with Crippen LogP contribution in [-0.2, 0) is 6.42 Å². The topological polar surface area (TPSA) is 37.3 Å². The maximum absolute atomic E-state index is 12.1. The Morgan fingerprint density at radius 1 is 1.40 bits per heavy atom. The molecule has 0 spiro atoms. The van der Waals surface area contributed by atoms with Gasteiger partial charge in [-0.25, -0.2) is 4.79 Å². The van der Waals surface area contributed by atoms with Crippen molar-refractivity contribution in [3.63, 3.8) is 0 Å². The van der Waals surface area contributed by atoms with Crippen molar-refractivity contribution in [2.24, 2.45) is 0 Å². The molecule has 1 aromatic carbocycles. The van der Waals surface area contributed by atoms with E-state index in [1.165, 1.54) is 6.07 Å². The molecule has 6 heteroatoms. The van der Waals surface area contributed by atoms with E-state index in [-0.39, 0.29) is 10.6 Å². The highest BCUT2D eigenvalue weighted by Gasteiger charge is 2.29. The second-order valence-electron chi connectivity index (χ2n) is 2.90. The minimum absolute atomic E-state index is 0.0957. The first-order valence-electron chi connectivity index (χ1n) is 3.88. The molecule has 1 aromatic rings. The standard InChI is InChI=1S/C9H6ClF3O2/c10-6-2-1-5(4-9(11,12)13)7(3-6)8(14)15/h1-3H,4H2,(H,14,15). The van der Waals surface area contributed by atoms with Crippen molar-refractivity contribution in [2.75, 3.05) is 0 Å². The summed E-state index contributed by atoms with van der Waals surface area (Å²) in [7, 11) is 0. The van der Waals surface area contributed by atoms with Crippen LogP contribution in [0.5, 0.6) is 0 Å². The summed E-state index contributed by atoms with van der Waals surface area (Å²) in [6.07, 6.45) is -5.70. The average molecular weight is 239 g/mol. The molecule has 0 amide bonds. The van der Waals surface area contributed by atoms with E-state index < -0.39 is 24.1 Å². The number of benzene rings is 1. The summed E-state index contributed by atoms with van der Waals surface area (Å²) in [5, 5.41) is 8.76. The molecule has 0 aromatic heterocycles. The minimum atomic E-state index is -4.43. The van der Waals surface area contributed by atoms with Gasteiger partial charge >= 0.3 is 12.1 Å². The third-order valence-corrected chi connectivity index (χ3v) is 1.93. The van der Waals surface area contributed by atoms with Crippen LogP contribution < -0.4 is 0 Å². The summed E-state index contributed by atoms with van der Waals surface area (Å²) in [5.74, 6) is -1.42. The van der Waals surface area contributed by atoms with E-state index in [1.807, 2.05) is 0 Å². The molecule has 0 aliphatic heterocycles. The minimum Gasteiger partial charge on any atom is -0.478 e. The molecule has 82 valence electrons. The summed E-state index contributed by atoms with van der Waals surface area (Å²) < 4.78 is 36.2. The van der Waals surface area contributed by atoms with Crippen molar-refractivity contribution in [1.29, 1.82) is 0 Å². The monoisotopic (exact) mass is 238 g/mol. The Labute approximate surface area is 88.3 Å². The maximum atomic E-state index is 12.1. The van der Waals surface area contributed by atoms with Gasteiger partial charge < -0.3 is 5.11 Å². The first-order valence-corrected chi connectivity index (χ1v) is 4.26. The van der Waals surface area contributed by atoms with E-state index in [1.54, 1.807) is 0 Å². The van der Waals surface area contributed by atoms with Crippen LogP contribution in [-0.4, -0.2) is 17.3 Å². The van der Waals surface area contributed by atoms with Crippen LogP contribution in [0, 0.1) is 0 Å². The van der Waals surface area contributed by atoms with E-state index in [0.717, 1.165) is 12.1 Å². The molecule has 0 fully saturated rings. The van der Waals surface area contributed by atoms with Crippen LogP contribution in [0.15, 0.2) is 18.2 Å². The van der Waals surface area contributed by atoms with Crippen LogP contribution in [0.1, 0.15) is 15.9 Å². The zero-order chi connectivity index (χ0) is 11.6. The molecular formula is C9H6ClF3O2. The lowest BCUT2D eigenvalue weighted by atomic mass is 10.0. The number of carboxylic acids is 1. The number of hydrogen-bond donors (Lipinski definition) is 1. The molecule has 0 heterocycles. The highest BCUT2D eigenvalue weighted by molar-refractivity contribution is 6.30. The van der Waals surface area contributed by atoms with Gasteiger partial charge in [0.25, 0.3) is 0 Å². The molecule has 15 heavy (non-hydrogen) atoms. The average Bonchev–Trinajstić information content (AvgIpc) is 2.05. The molecule has 0 bridgehead atoms. The Morgan fingerprint density at radius 3 is 2.47 bits per heavy atom. The Bertz CT molecular complexity index is 387. The van der Waals surface area contributed by atoms with Crippen molar-refractivity contribution in [3.05, 3.63) is 34.3 Å². The Kier molecular flexibility index (Phi) is 3.24. The highest BCUT2D eigenvalue weighted by Crippen LogP contribution is 2.25. The third kappa shape index (κ3) is 3.43. The van der Waals surface area contributed by atoms with Gasteiger partial charge in [-0.2, -0.15) is 13.2 Å². The predicted molar refractivity (Wildman–Crippen MR) is 48.2 cm³/mol. The smallest absolute Gasteiger partial charge is 0.393 e.